The predicted octanol–water partition coefficient (Wildman–Crippen LogP) is 4.20. The number of halogens is 3. The van der Waals surface area contributed by atoms with Gasteiger partial charge in [-0.25, -0.2) is 5.43 Å². The number of carbonyl (C=O) groups excluding carboxylic acids is 1. The fraction of sp³-hybridized carbons (Fsp3) is 0.0714. The molecule has 0 aliphatic rings. The maximum absolute atomic E-state index is 11.8. The molecule has 0 saturated heterocycles. The van der Waals surface area contributed by atoms with Gasteiger partial charge in [-0.2, -0.15) is 5.10 Å². The Labute approximate surface area is 136 Å². The third-order valence-corrected chi connectivity index (χ3v) is 3.94. The van der Waals surface area contributed by atoms with Crippen molar-refractivity contribution in [2.75, 3.05) is 0 Å². The lowest BCUT2D eigenvalue weighted by Crippen LogP contribution is -2.20. The van der Waals surface area contributed by atoms with Crippen LogP contribution in [0.25, 0.3) is 0 Å². The summed E-state index contributed by atoms with van der Waals surface area (Å²) >= 11 is 17.9. The Morgan fingerprint density at radius 2 is 1.90 bits per heavy atom. The highest BCUT2D eigenvalue weighted by Crippen LogP contribution is 2.32. The van der Waals surface area contributed by atoms with Gasteiger partial charge in [0.2, 0.25) is 0 Å². The van der Waals surface area contributed by atoms with Crippen molar-refractivity contribution in [1.29, 1.82) is 0 Å². The van der Waals surface area contributed by atoms with Gasteiger partial charge in [-0.1, -0.05) is 46.9 Å². The number of hydrogen-bond acceptors (Lipinski definition) is 3. The Morgan fingerprint density at radius 3 is 2.57 bits per heavy atom. The molecule has 0 atom stereocenters. The van der Waals surface area contributed by atoms with Gasteiger partial charge in [-0.15, -0.1) is 0 Å². The van der Waals surface area contributed by atoms with Crippen LogP contribution in [0, 0.1) is 0 Å². The van der Waals surface area contributed by atoms with Crippen LogP contribution in [-0.2, 0) is 0 Å². The van der Waals surface area contributed by atoms with E-state index in [0.717, 1.165) is 0 Å². The van der Waals surface area contributed by atoms with E-state index in [1.54, 1.807) is 37.3 Å². The predicted molar refractivity (Wildman–Crippen MR) is 85.4 cm³/mol. The second-order valence-corrected chi connectivity index (χ2v) is 5.24. The van der Waals surface area contributed by atoms with Gasteiger partial charge in [0.25, 0.3) is 5.91 Å². The quantitative estimate of drug-likeness (QED) is 0.516. The topological polar surface area (TPSA) is 54.4 Å². The minimum Gasteiger partial charge on any atom is -0.266 e. The monoisotopic (exact) mass is 341 g/mol. The van der Waals surface area contributed by atoms with Crippen molar-refractivity contribution >= 4 is 46.4 Å². The largest absolute Gasteiger partial charge is 0.289 e. The van der Waals surface area contributed by atoms with Crippen LogP contribution in [0.2, 0.25) is 15.1 Å². The fourth-order valence-corrected chi connectivity index (χ4v) is 2.23. The number of carbonyl (C=O) groups is 1. The molecule has 108 valence electrons. The van der Waals surface area contributed by atoms with Gasteiger partial charge >= 0.3 is 0 Å². The van der Waals surface area contributed by atoms with E-state index in [2.05, 4.69) is 15.5 Å². The number of nitrogens with one attached hydrogen (secondary N) is 1. The molecule has 4 nitrogen and oxygen atoms in total. The molecule has 7 heteroatoms. The van der Waals surface area contributed by atoms with Gasteiger partial charge in [0.05, 0.1) is 20.8 Å². The summed E-state index contributed by atoms with van der Waals surface area (Å²) in [5, 5.41) is 4.89. The van der Waals surface area contributed by atoms with Crippen LogP contribution in [0.3, 0.4) is 0 Å². The zero-order chi connectivity index (χ0) is 15.4. The highest BCUT2D eigenvalue weighted by molar-refractivity contribution is 6.49. The highest BCUT2D eigenvalue weighted by Gasteiger charge is 2.11. The summed E-state index contributed by atoms with van der Waals surface area (Å²) in [6.45, 7) is 1.70. The molecule has 0 aliphatic carbocycles. The minimum absolute atomic E-state index is 0.251. The second kappa shape index (κ2) is 6.89. The Bertz CT molecular complexity index is 702. The van der Waals surface area contributed by atoms with E-state index < -0.39 is 5.91 Å². The lowest BCUT2D eigenvalue weighted by molar-refractivity contribution is 0.0950. The number of pyridine rings is 1. The summed E-state index contributed by atoms with van der Waals surface area (Å²) in [7, 11) is 0. The molecule has 0 fully saturated rings. The van der Waals surface area contributed by atoms with Crippen molar-refractivity contribution in [1.82, 2.24) is 10.4 Å². The molecule has 1 N–H and O–H groups in total. The number of hydrogen-bond donors (Lipinski definition) is 1. The maximum Gasteiger partial charge on any atom is 0.289 e. The van der Waals surface area contributed by atoms with E-state index in [9.17, 15) is 4.79 Å². The Kier molecular flexibility index (Phi) is 5.17. The van der Waals surface area contributed by atoms with E-state index in [-0.39, 0.29) is 15.7 Å². The molecule has 2 rings (SSSR count). The summed E-state index contributed by atoms with van der Waals surface area (Å²) in [4.78, 5) is 15.8. The first-order valence-electron chi connectivity index (χ1n) is 5.90. The van der Waals surface area contributed by atoms with Crippen molar-refractivity contribution in [3.63, 3.8) is 0 Å². The number of hydrazone groups is 1. The third-order valence-electron chi connectivity index (χ3n) is 2.65. The van der Waals surface area contributed by atoms with E-state index in [0.29, 0.717) is 16.3 Å². The molecule has 2 aromatic rings. The number of amides is 1. The lowest BCUT2D eigenvalue weighted by atomic mass is 10.1. The Morgan fingerprint density at radius 1 is 1.14 bits per heavy atom. The van der Waals surface area contributed by atoms with Gasteiger partial charge in [0.1, 0.15) is 5.69 Å². The highest BCUT2D eigenvalue weighted by atomic mass is 35.5. The standard InChI is InChI=1S/C14H10Cl3N3O/c1-8(9-5-6-10(15)13(17)12(9)16)19-20-14(21)11-4-2-3-7-18-11/h2-7H,1H3,(H,20,21)/b19-8-. The molecule has 1 aromatic heterocycles. The molecule has 0 unspecified atom stereocenters. The normalized spacial score (nSPS) is 11.3. The molecule has 0 bridgehead atoms. The van der Waals surface area contributed by atoms with Crippen molar-refractivity contribution < 1.29 is 4.79 Å². The Hall–Kier alpha value is -1.62. The Balaban J connectivity index is 2.19. The molecule has 0 spiro atoms. The molecule has 0 aliphatic heterocycles. The molecule has 1 aromatic carbocycles. The molecule has 1 amide bonds. The summed E-state index contributed by atoms with van der Waals surface area (Å²) in [6, 6.07) is 8.33. The van der Waals surface area contributed by atoms with E-state index in [1.165, 1.54) is 6.20 Å². The SMILES string of the molecule is C/C(=N/NC(=O)c1ccccn1)c1ccc(Cl)c(Cl)c1Cl. The molecule has 0 radical (unpaired) electrons. The van der Waals surface area contributed by atoms with Crippen LogP contribution >= 0.6 is 34.8 Å². The maximum atomic E-state index is 11.8. The number of nitrogens with zero attached hydrogens (tertiary/aromatic N) is 2. The van der Waals surface area contributed by atoms with E-state index in [4.69, 9.17) is 34.8 Å². The van der Waals surface area contributed by atoms with Crippen LogP contribution in [0.5, 0.6) is 0 Å². The van der Waals surface area contributed by atoms with Gasteiger partial charge in [-0.05, 0) is 25.1 Å². The third kappa shape index (κ3) is 3.73. The van der Waals surface area contributed by atoms with E-state index in [1.807, 2.05) is 0 Å². The minimum atomic E-state index is -0.411. The van der Waals surface area contributed by atoms with Crippen LogP contribution in [-0.4, -0.2) is 16.6 Å². The van der Waals surface area contributed by atoms with Gasteiger partial charge in [-0.3, -0.25) is 9.78 Å². The number of rotatable bonds is 3. The second-order valence-electron chi connectivity index (χ2n) is 4.08. The first-order chi connectivity index (χ1) is 10.0. The van der Waals surface area contributed by atoms with E-state index >= 15 is 0 Å². The van der Waals surface area contributed by atoms with Gasteiger partial charge in [0.15, 0.2) is 0 Å². The summed E-state index contributed by atoms with van der Waals surface area (Å²) in [5.74, 6) is -0.411. The lowest BCUT2D eigenvalue weighted by Gasteiger charge is -2.07. The number of aromatic nitrogens is 1. The average molecular weight is 343 g/mol. The smallest absolute Gasteiger partial charge is 0.266 e. The fourth-order valence-electron chi connectivity index (χ4n) is 1.55. The number of benzene rings is 1. The van der Waals surface area contributed by atoms with Crippen molar-refractivity contribution in [3.05, 3.63) is 62.9 Å². The summed E-state index contributed by atoms with van der Waals surface area (Å²) < 4.78 is 0. The van der Waals surface area contributed by atoms with Crippen LogP contribution < -0.4 is 5.43 Å². The molecule has 21 heavy (non-hydrogen) atoms. The summed E-state index contributed by atoms with van der Waals surface area (Å²) in [5.41, 5.74) is 3.78. The van der Waals surface area contributed by atoms with Crippen molar-refractivity contribution in [2.45, 2.75) is 6.92 Å². The zero-order valence-electron chi connectivity index (χ0n) is 10.9. The van der Waals surface area contributed by atoms with Crippen molar-refractivity contribution in [2.24, 2.45) is 5.10 Å². The first-order valence-corrected chi connectivity index (χ1v) is 7.03. The molecular weight excluding hydrogens is 333 g/mol. The van der Waals surface area contributed by atoms with Gasteiger partial charge in [0, 0.05) is 11.8 Å². The van der Waals surface area contributed by atoms with Crippen LogP contribution in [0.15, 0.2) is 41.6 Å². The molecule has 1 heterocycles. The molecule has 0 saturated carbocycles. The molecular formula is C14H10Cl3N3O. The van der Waals surface area contributed by atoms with Crippen LogP contribution in [0.4, 0.5) is 0 Å². The summed E-state index contributed by atoms with van der Waals surface area (Å²) in [6.07, 6.45) is 1.53. The first kappa shape index (κ1) is 15.8. The average Bonchev–Trinajstić information content (AvgIpc) is 2.51. The van der Waals surface area contributed by atoms with Crippen molar-refractivity contribution in [3.8, 4) is 0 Å². The zero-order valence-corrected chi connectivity index (χ0v) is 13.2. The van der Waals surface area contributed by atoms with Crippen LogP contribution in [0.1, 0.15) is 23.0 Å². The van der Waals surface area contributed by atoms with Gasteiger partial charge < -0.3 is 0 Å².